The van der Waals surface area contributed by atoms with Crippen molar-refractivity contribution >= 4 is 0 Å². The molecule has 18 heavy (non-hydrogen) atoms. The Kier molecular flexibility index (Phi) is 4.72. The van der Waals surface area contributed by atoms with Gasteiger partial charge >= 0.3 is 0 Å². The Morgan fingerprint density at radius 1 is 1.28 bits per heavy atom. The zero-order chi connectivity index (χ0) is 13.0. The molecule has 2 nitrogen and oxygen atoms in total. The molecule has 1 aliphatic rings. The van der Waals surface area contributed by atoms with E-state index >= 15 is 0 Å². The zero-order valence-corrected chi connectivity index (χ0v) is 10.9. The molecule has 2 rings (SSSR count). The van der Waals surface area contributed by atoms with Crippen molar-refractivity contribution in [3.05, 3.63) is 35.6 Å². The second kappa shape index (κ2) is 6.30. The number of ether oxygens (including phenoxy) is 1. The van der Waals surface area contributed by atoms with Gasteiger partial charge in [-0.15, -0.1) is 0 Å². The molecule has 0 radical (unpaired) electrons. The van der Waals surface area contributed by atoms with Gasteiger partial charge in [0, 0.05) is 12.1 Å². The van der Waals surface area contributed by atoms with Gasteiger partial charge in [0.2, 0.25) is 0 Å². The summed E-state index contributed by atoms with van der Waals surface area (Å²) in [6, 6.07) is 6.74. The fraction of sp³-hybridized carbons (Fsp3) is 0.600. The number of rotatable bonds is 4. The van der Waals surface area contributed by atoms with E-state index in [1.807, 2.05) is 6.07 Å². The second-order valence-electron chi connectivity index (χ2n) is 5.26. The van der Waals surface area contributed by atoms with E-state index in [0.717, 1.165) is 18.8 Å². The highest BCUT2D eigenvalue weighted by molar-refractivity contribution is 5.20. The minimum absolute atomic E-state index is 0.225. The predicted molar refractivity (Wildman–Crippen MR) is 70.7 cm³/mol. The van der Waals surface area contributed by atoms with Crippen LogP contribution in [0.5, 0.6) is 0 Å². The van der Waals surface area contributed by atoms with E-state index < -0.39 is 0 Å². The molecule has 0 aromatic heterocycles. The topological polar surface area (TPSA) is 35.2 Å². The number of benzene rings is 1. The highest BCUT2D eigenvalue weighted by Gasteiger charge is 2.23. The molecule has 1 aliphatic carbocycles. The average molecular weight is 251 g/mol. The number of hydrogen-bond donors (Lipinski definition) is 1. The van der Waals surface area contributed by atoms with E-state index in [0.29, 0.717) is 12.1 Å². The first-order chi connectivity index (χ1) is 8.70. The monoisotopic (exact) mass is 251 g/mol. The van der Waals surface area contributed by atoms with Crippen LogP contribution >= 0.6 is 0 Å². The van der Waals surface area contributed by atoms with Crippen LogP contribution in [0.2, 0.25) is 0 Å². The summed E-state index contributed by atoms with van der Waals surface area (Å²) in [4.78, 5) is 0. The maximum Gasteiger partial charge on any atom is 0.129 e. The van der Waals surface area contributed by atoms with Gasteiger partial charge in [-0.2, -0.15) is 0 Å². The molecule has 0 aliphatic heterocycles. The Morgan fingerprint density at radius 2 is 1.94 bits per heavy atom. The van der Waals surface area contributed by atoms with Crippen LogP contribution in [-0.4, -0.2) is 12.6 Å². The molecule has 3 heteroatoms. The number of nitrogens with two attached hydrogens (primary N) is 1. The smallest absolute Gasteiger partial charge is 0.129 e. The number of hydrogen-bond acceptors (Lipinski definition) is 2. The Labute approximate surface area is 108 Å². The molecule has 0 bridgehead atoms. The van der Waals surface area contributed by atoms with Crippen LogP contribution < -0.4 is 5.73 Å². The van der Waals surface area contributed by atoms with Crippen molar-refractivity contribution in [1.82, 2.24) is 0 Å². The highest BCUT2D eigenvalue weighted by Crippen LogP contribution is 2.30. The summed E-state index contributed by atoms with van der Waals surface area (Å²) in [6.45, 7) is 2.60. The lowest BCUT2D eigenvalue weighted by Crippen LogP contribution is -2.26. The van der Waals surface area contributed by atoms with Crippen LogP contribution in [0.25, 0.3) is 0 Å². The molecular formula is C15H22FNO. The second-order valence-corrected chi connectivity index (χ2v) is 5.26. The lowest BCUT2D eigenvalue weighted by Gasteiger charge is -2.30. The average Bonchev–Trinajstić information content (AvgIpc) is 2.39. The van der Waals surface area contributed by atoms with Crippen LogP contribution in [0, 0.1) is 11.7 Å². The molecule has 1 saturated carbocycles. The molecule has 2 N–H and O–H groups in total. The summed E-state index contributed by atoms with van der Waals surface area (Å²) in [6.07, 6.45) is 4.43. The van der Waals surface area contributed by atoms with Gasteiger partial charge in [0.15, 0.2) is 0 Å². The van der Waals surface area contributed by atoms with Gasteiger partial charge in [-0.3, -0.25) is 0 Å². The van der Waals surface area contributed by atoms with Crippen molar-refractivity contribution in [3.63, 3.8) is 0 Å². The summed E-state index contributed by atoms with van der Waals surface area (Å²) in [5, 5.41) is 0. The molecule has 1 atom stereocenters. The summed E-state index contributed by atoms with van der Waals surface area (Å²) >= 11 is 0. The number of halogens is 1. The third-order valence-corrected chi connectivity index (χ3v) is 3.79. The summed E-state index contributed by atoms with van der Waals surface area (Å²) < 4.78 is 19.7. The zero-order valence-electron chi connectivity index (χ0n) is 10.9. The summed E-state index contributed by atoms with van der Waals surface area (Å²) in [5.74, 6) is 0.562. The van der Waals surface area contributed by atoms with Crippen molar-refractivity contribution < 1.29 is 9.13 Å². The van der Waals surface area contributed by atoms with Crippen LogP contribution in [0.1, 0.15) is 44.3 Å². The largest absolute Gasteiger partial charge is 0.369 e. The van der Waals surface area contributed by atoms with E-state index in [9.17, 15) is 4.39 Å². The first-order valence-electron chi connectivity index (χ1n) is 6.80. The molecule has 0 spiro atoms. The van der Waals surface area contributed by atoms with Crippen LogP contribution in [0.3, 0.4) is 0 Å². The summed E-state index contributed by atoms with van der Waals surface area (Å²) in [5.41, 5.74) is 6.31. The molecule has 0 heterocycles. The molecular weight excluding hydrogens is 229 g/mol. The van der Waals surface area contributed by atoms with E-state index in [1.165, 1.54) is 18.9 Å². The third-order valence-electron chi connectivity index (χ3n) is 3.79. The van der Waals surface area contributed by atoms with Crippen LogP contribution in [0.4, 0.5) is 4.39 Å². The molecule has 0 saturated heterocycles. The van der Waals surface area contributed by atoms with Crippen molar-refractivity contribution in [3.8, 4) is 0 Å². The SMILES string of the molecule is CC1CCC(OC(CN)c2ccccc2F)CC1. The normalized spacial score (nSPS) is 25.9. The van der Waals surface area contributed by atoms with Gasteiger partial charge in [0.25, 0.3) is 0 Å². The summed E-state index contributed by atoms with van der Waals surface area (Å²) in [7, 11) is 0. The first-order valence-corrected chi connectivity index (χ1v) is 6.80. The van der Waals surface area contributed by atoms with Gasteiger partial charge < -0.3 is 10.5 Å². The first kappa shape index (κ1) is 13.5. The van der Waals surface area contributed by atoms with Gasteiger partial charge in [-0.1, -0.05) is 25.1 Å². The van der Waals surface area contributed by atoms with Crippen molar-refractivity contribution in [2.45, 2.75) is 44.8 Å². The highest BCUT2D eigenvalue weighted by atomic mass is 19.1. The van der Waals surface area contributed by atoms with Gasteiger partial charge in [0.1, 0.15) is 5.82 Å². The van der Waals surface area contributed by atoms with Crippen molar-refractivity contribution in [2.75, 3.05) is 6.54 Å². The predicted octanol–water partition coefficient (Wildman–Crippen LogP) is 3.42. The van der Waals surface area contributed by atoms with Gasteiger partial charge in [-0.25, -0.2) is 4.39 Å². The van der Waals surface area contributed by atoms with Crippen LogP contribution in [0.15, 0.2) is 24.3 Å². The molecule has 1 aromatic rings. The van der Waals surface area contributed by atoms with Crippen molar-refractivity contribution in [1.29, 1.82) is 0 Å². The Balaban J connectivity index is 1.99. The Morgan fingerprint density at radius 3 is 2.56 bits per heavy atom. The Bertz CT molecular complexity index is 375. The molecule has 1 unspecified atom stereocenters. The van der Waals surface area contributed by atoms with Gasteiger partial charge in [-0.05, 0) is 37.7 Å². The van der Waals surface area contributed by atoms with E-state index in [2.05, 4.69) is 6.92 Å². The van der Waals surface area contributed by atoms with E-state index in [-0.39, 0.29) is 18.0 Å². The van der Waals surface area contributed by atoms with E-state index in [4.69, 9.17) is 10.5 Å². The minimum atomic E-state index is -0.315. The van der Waals surface area contributed by atoms with Gasteiger partial charge in [0.05, 0.1) is 12.2 Å². The minimum Gasteiger partial charge on any atom is -0.369 e. The Hall–Kier alpha value is -0.930. The molecule has 1 aromatic carbocycles. The maximum absolute atomic E-state index is 13.7. The standard InChI is InChI=1S/C15H22FNO/c1-11-6-8-12(9-7-11)18-15(10-17)13-4-2-3-5-14(13)16/h2-5,11-12,15H,6-10,17H2,1H3. The maximum atomic E-state index is 13.7. The molecule has 1 fully saturated rings. The van der Waals surface area contributed by atoms with E-state index in [1.54, 1.807) is 12.1 Å². The fourth-order valence-corrected chi connectivity index (χ4v) is 2.59. The van der Waals surface area contributed by atoms with Crippen LogP contribution in [-0.2, 0) is 4.74 Å². The van der Waals surface area contributed by atoms with Crippen molar-refractivity contribution in [2.24, 2.45) is 11.7 Å². The third kappa shape index (κ3) is 3.30. The lowest BCUT2D eigenvalue weighted by molar-refractivity contribution is -0.0341. The fourth-order valence-electron chi connectivity index (χ4n) is 2.59. The quantitative estimate of drug-likeness (QED) is 0.890. The molecule has 100 valence electrons. The lowest BCUT2D eigenvalue weighted by atomic mass is 9.89. The molecule has 0 amide bonds.